The number of aryl methyl sites for hydroxylation is 1. The summed E-state index contributed by atoms with van der Waals surface area (Å²) in [5.41, 5.74) is 5.19. The molecule has 3 amide bonds. The van der Waals surface area contributed by atoms with E-state index >= 15 is 0 Å². The highest BCUT2D eigenvalue weighted by atomic mass is 79.9. The molecule has 0 spiro atoms. The van der Waals surface area contributed by atoms with Gasteiger partial charge in [-0.1, -0.05) is 70.0 Å². The highest BCUT2D eigenvalue weighted by Crippen LogP contribution is 2.35. The molecule has 0 saturated carbocycles. The number of carbonyl (C=O) groups excluding carboxylic acids is 3. The van der Waals surface area contributed by atoms with Gasteiger partial charge in [0.05, 0.1) is 4.91 Å². The number of rotatable bonds is 6. The molecule has 2 aliphatic heterocycles. The minimum atomic E-state index is -0.467. The predicted octanol–water partition coefficient (Wildman–Crippen LogP) is 5.96. The second-order valence-corrected chi connectivity index (χ2v) is 11.0. The highest BCUT2D eigenvalue weighted by molar-refractivity contribution is 9.10. The zero-order valence-corrected chi connectivity index (χ0v) is 22.7. The molecule has 2 heterocycles. The van der Waals surface area contributed by atoms with E-state index in [1.165, 1.54) is 5.56 Å². The van der Waals surface area contributed by atoms with Crippen LogP contribution < -0.4 is 4.74 Å². The second-order valence-electron chi connectivity index (χ2n) is 9.06. The Hall–Kier alpha value is -3.36. The molecular formula is C29H25BrN2O4S. The number of hydrogen-bond acceptors (Lipinski definition) is 5. The maximum atomic E-state index is 13.1. The first-order valence-electron chi connectivity index (χ1n) is 12.0. The Morgan fingerprint density at radius 1 is 1.05 bits per heavy atom. The maximum absolute atomic E-state index is 13.1. The van der Waals surface area contributed by atoms with Crippen molar-refractivity contribution in [3.05, 3.63) is 104 Å². The molecule has 0 aromatic heterocycles. The molecule has 0 unspecified atom stereocenters. The monoisotopic (exact) mass is 576 g/mol. The van der Waals surface area contributed by atoms with Crippen LogP contribution in [-0.2, 0) is 29.2 Å². The molecule has 0 bridgehead atoms. The van der Waals surface area contributed by atoms with E-state index in [0.717, 1.165) is 44.2 Å². The Morgan fingerprint density at radius 3 is 2.68 bits per heavy atom. The molecule has 0 atom stereocenters. The molecule has 1 saturated heterocycles. The van der Waals surface area contributed by atoms with Crippen molar-refractivity contribution >= 4 is 50.8 Å². The van der Waals surface area contributed by atoms with Crippen LogP contribution in [0, 0.1) is 6.92 Å². The minimum Gasteiger partial charge on any atom is -0.488 e. The lowest BCUT2D eigenvalue weighted by molar-refractivity contribution is -0.136. The lowest BCUT2D eigenvalue weighted by Crippen LogP contribution is -2.44. The summed E-state index contributed by atoms with van der Waals surface area (Å²) in [6.07, 6.45) is 2.42. The SMILES string of the molecule is Cc1cccc(COc2ccc(Br)cc2/C=C2\SC(=O)N(CC(=O)N3CCc4ccccc4C3)C2=O)c1. The van der Waals surface area contributed by atoms with Crippen molar-refractivity contribution in [2.75, 3.05) is 13.1 Å². The summed E-state index contributed by atoms with van der Waals surface area (Å²) in [4.78, 5) is 41.8. The van der Waals surface area contributed by atoms with Gasteiger partial charge < -0.3 is 9.64 Å². The van der Waals surface area contributed by atoms with Crippen LogP contribution in [0.5, 0.6) is 5.75 Å². The van der Waals surface area contributed by atoms with Crippen molar-refractivity contribution in [2.24, 2.45) is 0 Å². The first-order chi connectivity index (χ1) is 17.9. The van der Waals surface area contributed by atoms with Crippen molar-refractivity contribution in [3.63, 3.8) is 0 Å². The molecule has 3 aromatic carbocycles. The summed E-state index contributed by atoms with van der Waals surface area (Å²) >= 11 is 4.32. The summed E-state index contributed by atoms with van der Waals surface area (Å²) in [6, 6.07) is 21.6. The first-order valence-corrected chi connectivity index (χ1v) is 13.6. The number of halogens is 1. The van der Waals surface area contributed by atoms with Crippen LogP contribution in [0.4, 0.5) is 4.79 Å². The molecule has 188 valence electrons. The van der Waals surface area contributed by atoms with E-state index in [9.17, 15) is 14.4 Å². The third kappa shape index (κ3) is 5.81. The molecule has 0 N–H and O–H groups in total. The lowest BCUT2D eigenvalue weighted by Gasteiger charge is -2.29. The van der Waals surface area contributed by atoms with E-state index < -0.39 is 11.1 Å². The van der Waals surface area contributed by atoms with Crippen LogP contribution in [0.3, 0.4) is 0 Å². The number of amides is 3. The van der Waals surface area contributed by atoms with E-state index in [1.807, 2.05) is 61.5 Å². The first kappa shape index (κ1) is 25.3. The molecule has 37 heavy (non-hydrogen) atoms. The van der Waals surface area contributed by atoms with Crippen LogP contribution in [0.2, 0.25) is 0 Å². The largest absolute Gasteiger partial charge is 0.488 e. The van der Waals surface area contributed by atoms with Gasteiger partial charge in [0.25, 0.3) is 11.1 Å². The summed E-state index contributed by atoms with van der Waals surface area (Å²) < 4.78 is 6.88. The fourth-order valence-electron chi connectivity index (χ4n) is 4.45. The molecule has 6 nitrogen and oxygen atoms in total. The highest BCUT2D eigenvalue weighted by Gasteiger charge is 2.37. The van der Waals surface area contributed by atoms with E-state index in [4.69, 9.17) is 4.74 Å². The van der Waals surface area contributed by atoms with Gasteiger partial charge in [-0.2, -0.15) is 0 Å². The molecule has 0 aliphatic carbocycles. The molecule has 0 radical (unpaired) electrons. The van der Waals surface area contributed by atoms with E-state index in [2.05, 4.69) is 28.1 Å². The zero-order chi connectivity index (χ0) is 25.9. The van der Waals surface area contributed by atoms with Crippen molar-refractivity contribution in [2.45, 2.75) is 26.5 Å². The normalized spacial score (nSPS) is 16.3. The Kier molecular flexibility index (Phi) is 7.48. The molecule has 5 rings (SSSR count). The number of benzene rings is 3. The molecule has 8 heteroatoms. The third-order valence-electron chi connectivity index (χ3n) is 6.39. The van der Waals surface area contributed by atoms with E-state index in [0.29, 0.717) is 31.0 Å². The number of imide groups is 1. The second kappa shape index (κ2) is 10.9. The smallest absolute Gasteiger partial charge is 0.294 e. The number of hydrogen-bond donors (Lipinski definition) is 0. The Bertz CT molecular complexity index is 1420. The van der Waals surface area contributed by atoms with Crippen molar-refractivity contribution in [1.29, 1.82) is 0 Å². The van der Waals surface area contributed by atoms with Crippen LogP contribution in [0.25, 0.3) is 6.08 Å². The third-order valence-corrected chi connectivity index (χ3v) is 7.79. The lowest BCUT2D eigenvalue weighted by atomic mass is 10.00. The quantitative estimate of drug-likeness (QED) is 0.339. The summed E-state index contributed by atoms with van der Waals surface area (Å²) in [5, 5.41) is -0.445. The number of carbonyl (C=O) groups is 3. The predicted molar refractivity (Wildman–Crippen MR) is 148 cm³/mol. The zero-order valence-electron chi connectivity index (χ0n) is 20.3. The maximum Gasteiger partial charge on any atom is 0.294 e. The van der Waals surface area contributed by atoms with Gasteiger partial charge >= 0.3 is 0 Å². The van der Waals surface area contributed by atoms with Crippen LogP contribution in [0.15, 0.2) is 76.1 Å². The molecule has 1 fully saturated rings. The van der Waals surface area contributed by atoms with Crippen LogP contribution in [-0.4, -0.2) is 39.9 Å². The topological polar surface area (TPSA) is 66.9 Å². The van der Waals surface area contributed by atoms with Crippen LogP contribution in [0.1, 0.15) is 27.8 Å². The molecule has 3 aromatic rings. The fourth-order valence-corrected chi connectivity index (χ4v) is 5.66. The molecular weight excluding hydrogens is 552 g/mol. The fraction of sp³-hybridized carbons (Fsp3) is 0.207. The Morgan fingerprint density at radius 2 is 1.86 bits per heavy atom. The van der Waals surface area contributed by atoms with Gasteiger partial charge in [-0.3, -0.25) is 19.3 Å². The Labute approximate surface area is 228 Å². The summed E-state index contributed by atoms with van der Waals surface area (Å²) in [7, 11) is 0. The van der Waals surface area contributed by atoms with Gasteiger partial charge in [0, 0.05) is 23.1 Å². The van der Waals surface area contributed by atoms with Gasteiger partial charge in [0.15, 0.2) is 0 Å². The summed E-state index contributed by atoms with van der Waals surface area (Å²) in [5.74, 6) is -0.104. The van der Waals surface area contributed by atoms with Gasteiger partial charge in [0.1, 0.15) is 18.9 Å². The number of ether oxygens (including phenoxy) is 1. The van der Waals surface area contributed by atoms with Crippen molar-refractivity contribution in [1.82, 2.24) is 9.80 Å². The Balaban J connectivity index is 1.29. The number of nitrogens with zero attached hydrogens (tertiary/aromatic N) is 2. The summed E-state index contributed by atoms with van der Waals surface area (Å²) in [6.45, 7) is 3.19. The van der Waals surface area contributed by atoms with Crippen molar-refractivity contribution in [3.8, 4) is 5.75 Å². The average Bonchev–Trinajstić information content (AvgIpc) is 3.15. The van der Waals surface area contributed by atoms with E-state index in [1.54, 1.807) is 11.0 Å². The minimum absolute atomic E-state index is 0.234. The van der Waals surface area contributed by atoms with Crippen molar-refractivity contribution < 1.29 is 19.1 Å². The average molecular weight is 578 g/mol. The van der Waals surface area contributed by atoms with Gasteiger partial charge in [-0.15, -0.1) is 0 Å². The van der Waals surface area contributed by atoms with Gasteiger partial charge in [-0.25, -0.2) is 0 Å². The van der Waals surface area contributed by atoms with Gasteiger partial charge in [0.2, 0.25) is 5.91 Å². The van der Waals surface area contributed by atoms with Gasteiger partial charge in [-0.05, 0) is 66.1 Å². The molecule has 2 aliphatic rings. The number of fused-ring (bicyclic) bond motifs is 1. The standard InChI is InChI=1S/C29H25BrN2O4S/c1-19-5-4-6-20(13-19)18-36-25-10-9-24(30)14-23(25)15-26-28(34)32(29(35)37-26)17-27(33)31-12-11-21-7-2-3-8-22(21)16-31/h2-10,13-15H,11-12,16-18H2,1H3/b26-15-. The van der Waals surface area contributed by atoms with E-state index in [-0.39, 0.29) is 17.4 Å². The van der Waals surface area contributed by atoms with Crippen LogP contribution >= 0.6 is 27.7 Å². The number of thioether (sulfide) groups is 1.